The fraction of sp³-hybridized carbons (Fsp3) is 0.333. The number of hydrogen-bond acceptors (Lipinski definition) is 4. The third-order valence-corrected chi connectivity index (χ3v) is 2.49. The molecule has 2 N–H and O–H groups in total. The SMILES string of the molecule is CCOCC(c1cccnc1)n1cc(N)cn1. The van der Waals surface area contributed by atoms with Crippen molar-refractivity contribution in [3.63, 3.8) is 0 Å². The fourth-order valence-electron chi connectivity index (χ4n) is 1.65. The second kappa shape index (κ2) is 5.45. The van der Waals surface area contributed by atoms with Gasteiger partial charge in [-0.3, -0.25) is 9.67 Å². The van der Waals surface area contributed by atoms with Crippen molar-refractivity contribution in [2.45, 2.75) is 13.0 Å². The van der Waals surface area contributed by atoms with Gasteiger partial charge in [0.15, 0.2) is 0 Å². The summed E-state index contributed by atoms with van der Waals surface area (Å²) in [5.74, 6) is 0. The van der Waals surface area contributed by atoms with Crippen LogP contribution in [0.5, 0.6) is 0 Å². The molecule has 2 rings (SSSR count). The van der Waals surface area contributed by atoms with E-state index in [0.29, 0.717) is 18.9 Å². The molecule has 0 aliphatic carbocycles. The summed E-state index contributed by atoms with van der Waals surface area (Å²) in [6.07, 6.45) is 7.01. The number of rotatable bonds is 5. The average molecular weight is 232 g/mol. The first-order valence-corrected chi connectivity index (χ1v) is 5.58. The Morgan fingerprint density at radius 1 is 1.47 bits per heavy atom. The minimum absolute atomic E-state index is 0.0148. The van der Waals surface area contributed by atoms with Crippen molar-refractivity contribution in [1.82, 2.24) is 14.8 Å². The molecule has 0 saturated heterocycles. The van der Waals surface area contributed by atoms with Crippen molar-refractivity contribution < 1.29 is 4.74 Å². The normalized spacial score (nSPS) is 12.5. The van der Waals surface area contributed by atoms with Crippen molar-refractivity contribution in [3.05, 3.63) is 42.5 Å². The molecule has 17 heavy (non-hydrogen) atoms. The van der Waals surface area contributed by atoms with Gasteiger partial charge in [-0.15, -0.1) is 0 Å². The summed E-state index contributed by atoms with van der Waals surface area (Å²) in [7, 11) is 0. The Balaban J connectivity index is 2.25. The summed E-state index contributed by atoms with van der Waals surface area (Å²) < 4.78 is 7.29. The molecule has 5 nitrogen and oxygen atoms in total. The monoisotopic (exact) mass is 232 g/mol. The van der Waals surface area contributed by atoms with E-state index in [9.17, 15) is 0 Å². The first-order valence-electron chi connectivity index (χ1n) is 5.58. The lowest BCUT2D eigenvalue weighted by atomic mass is 10.1. The number of ether oxygens (including phenoxy) is 1. The van der Waals surface area contributed by atoms with Gasteiger partial charge >= 0.3 is 0 Å². The number of nitrogens with two attached hydrogens (primary N) is 1. The van der Waals surface area contributed by atoms with Crippen molar-refractivity contribution in [1.29, 1.82) is 0 Å². The maximum Gasteiger partial charge on any atom is 0.102 e. The molecule has 0 aromatic carbocycles. The van der Waals surface area contributed by atoms with Crippen LogP contribution < -0.4 is 5.73 Å². The molecule has 2 aromatic rings. The highest BCUT2D eigenvalue weighted by atomic mass is 16.5. The third kappa shape index (κ3) is 2.82. The van der Waals surface area contributed by atoms with E-state index in [0.717, 1.165) is 5.56 Å². The van der Waals surface area contributed by atoms with Gasteiger partial charge in [0.25, 0.3) is 0 Å². The standard InChI is InChI=1S/C12H16N4O/c1-2-17-9-12(10-4-3-5-14-6-10)16-8-11(13)7-15-16/h3-8,12H,2,9,13H2,1H3. The van der Waals surface area contributed by atoms with Crippen LogP contribution in [0.15, 0.2) is 36.9 Å². The van der Waals surface area contributed by atoms with Gasteiger partial charge in [-0.1, -0.05) is 6.07 Å². The Morgan fingerprint density at radius 2 is 2.35 bits per heavy atom. The molecule has 0 bridgehead atoms. The van der Waals surface area contributed by atoms with Gasteiger partial charge in [0.05, 0.1) is 18.5 Å². The molecular weight excluding hydrogens is 216 g/mol. The number of anilines is 1. The molecule has 0 saturated carbocycles. The van der Waals surface area contributed by atoms with Gasteiger partial charge < -0.3 is 10.5 Å². The molecule has 1 atom stereocenters. The minimum Gasteiger partial charge on any atom is -0.396 e. The van der Waals surface area contributed by atoms with Crippen LogP contribution in [-0.4, -0.2) is 28.0 Å². The Bertz CT molecular complexity index is 455. The van der Waals surface area contributed by atoms with Crippen LogP contribution in [0.25, 0.3) is 0 Å². The zero-order chi connectivity index (χ0) is 12.1. The van der Waals surface area contributed by atoms with Crippen LogP contribution >= 0.6 is 0 Å². The highest BCUT2D eigenvalue weighted by molar-refractivity contribution is 5.31. The van der Waals surface area contributed by atoms with Crippen LogP contribution in [-0.2, 0) is 4.74 Å². The molecule has 0 aliphatic heterocycles. The van der Waals surface area contributed by atoms with Gasteiger partial charge in [0, 0.05) is 25.2 Å². The number of nitrogen functional groups attached to an aromatic ring is 1. The second-order valence-corrected chi connectivity index (χ2v) is 3.72. The topological polar surface area (TPSA) is 66.0 Å². The number of hydrogen-bond donors (Lipinski definition) is 1. The first kappa shape index (κ1) is 11.6. The van der Waals surface area contributed by atoms with Crippen molar-refractivity contribution >= 4 is 5.69 Å². The zero-order valence-corrected chi connectivity index (χ0v) is 9.78. The largest absolute Gasteiger partial charge is 0.396 e. The van der Waals surface area contributed by atoms with E-state index in [2.05, 4.69) is 10.1 Å². The first-order chi connectivity index (χ1) is 8.31. The lowest BCUT2D eigenvalue weighted by molar-refractivity contribution is 0.121. The highest BCUT2D eigenvalue weighted by Crippen LogP contribution is 2.18. The van der Waals surface area contributed by atoms with Gasteiger partial charge in [0.1, 0.15) is 6.04 Å². The predicted molar refractivity (Wildman–Crippen MR) is 65.5 cm³/mol. The van der Waals surface area contributed by atoms with E-state index in [-0.39, 0.29) is 6.04 Å². The predicted octanol–water partition coefficient (Wildman–Crippen LogP) is 1.49. The van der Waals surface area contributed by atoms with Crippen molar-refractivity contribution in [2.24, 2.45) is 0 Å². The third-order valence-electron chi connectivity index (χ3n) is 2.49. The van der Waals surface area contributed by atoms with E-state index in [4.69, 9.17) is 10.5 Å². The second-order valence-electron chi connectivity index (χ2n) is 3.72. The molecule has 5 heteroatoms. The minimum atomic E-state index is 0.0148. The molecule has 0 aliphatic rings. The molecule has 2 aromatic heterocycles. The van der Waals surface area contributed by atoms with Crippen LogP contribution in [0.4, 0.5) is 5.69 Å². The number of pyridine rings is 1. The lowest BCUT2D eigenvalue weighted by Crippen LogP contribution is -2.17. The highest BCUT2D eigenvalue weighted by Gasteiger charge is 2.14. The lowest BCUT2D eigenvalue weighted by Gasteiger charge is -2.17. The summed E-state index contributed by atoms with van der Waals surface area (Å²) in [4.78, 5) is 4.12. The van der Waals surface area contributed by atoms with E-state index in [1.54, 1.807) is 18.6 Å². The van der Waals surface area contributed by atoms with E-state index < -0.39 is 0 Å². The summed E-state index contributed by atoms with van der Waals surface area (Å²) in [5, 5.41) is 4.23. The van der Waals surface area contributed by atoms with E-state index >= 15 is 0 Å². The van der Waals surface area contributed by atoms with Crippen LogP contribution in [0.2, 0.25) is 0 Å². The molecule has 90 valence electrons. The van der Waals surface area contributed by atoms with Gasteiger partial charge in [0.2, 0.25) is 0 Å². The Kier molecular flexibility index (Phi) is 3.72. The Labute approximate surface area is 100 Å². The van der Waals surface area contributed by atoms with E-state index in [1.807, 2.05) is 29.9 Å². The summed E-state index contributed by atoms with van der Waals surface area (Å²) in [5.41, 5.74) is 7.39. The smallest absolute Gasteiger partial charge is 0.102 e. The quantitative estimate of drug-likeness (QED) is 0.848. The summed E-state index contributed by atoms with van der Waals surface area (Å²) in [6, 6.07) is 3.93. The van der Waals surface area contributed by atoms with E-state index in [1.165, 1.54) is 0 Å². The molecule has 1 unspecified atom stereocenters. The fourth-order valence-corrected chi connectivity index (χ4v) is 1.65. The molecule has 0 radical (unpaired) electrons. The van der Waals surface area contributed by atoms with Gasteiger partial charge in [-0.25, -0.2) is 0 Å². The van der Waals surface area contributed by atoms with Gasteiger partial charge in [-0.05, 0) is 18.6 Å². The average Bonchev–Trinajstić information content (AvgIpc) is 2.78. The summed E-state index contributed by atoms with van der Waals surface area (Å²) >= 11 is 0. The van der Waals surface area contributed by atoms with Crippen LogP contribution in [0.3, 0.4) is 0 Å². The molecule has 0 fully saturated rings. The number of nitrogens with zero attached hydrogens (tertiary/aromatic N) is 3. The molecular formula is C12H16N4O. The molecule has 0 spiro atoms. The molecule has 2 heterocycles. The van der Waals surface area contributed by atoms with Crippen LogP contribution in [0.1, 0.15) is 18.5 Å². The van der Waals surface area contributed by atoms with Crippen molar-refractivity contribution in [3.8, 4) is 0 Å². The molecule has 0 amide bonds. The number of aromatic nitrogens is 3. The maximum atomic E-state index is 5.68. The van der Waals surface area contributed by atoms with Crippen molar-refractivity contribution in [2.75, 3.05) is 18.9 Å². The van der Waals surface area contributed by atoms with Crippen LogP contribution in [0, 0.1) is 0 Å². The maximum absolute atomic E-state index is 5.68. The zero-order valence-electron chi connectivity index (χ0n) is 9.78. The summed E-state index contributed by atoms with van der Waals surface area (Å²) in [6.45, 7) is 3.20. The Hall–Kier alpha value is -1.88. The Morgan fingerprint density at radius 3 is 2.94 bits per heavy atom. The van der Waals surface area contributed by atoms with Gasteiger partial charge in [-0.2, -0.15) is 5.10 Å².